The second kappa shape index (κ2) is 6.49. The Morgan fingerprint density at radius 1 is 1.24 bits per heavy atom. The number of rotatable bonds is 6. The van der Waals surface area contributed by atoms with Crippen LogP contribution < -0.4 is 10.1 Å². The Balaban J connectivity index is 1.67. The van der Waals surface area contributed by atoms with Gasteiger partial charge in [-0.25, -0.2) is 4.98 Å². The van der Waals surface area contributed by atoms with Gasteiger partial charge < -0.3 is 10.1 Å². The number of hydrogen-bond donors (Lipinski definition) is 1. The molecule has 1 N–H and O–H groups in total. The predicted molar refractivity (Wildman–Crippen MR) is 77.7 cm³/mol. The molecule has 0 spiro atoms. The highest BCUT2D eigenvalue weighted by Crippen LogP contribution is 2.11. The average molecular weight is 289 g/mol. The molecule has 1 saturated heterocycles. The average Bonchev–Trinajstić information content (AvgIpc) is 3.20. The van der Waals surface area contributed by atoms with Gasteiger partial charge in [0.25, 0.3) is 0 Å². The lowest BCUT2D eigenvalue weighted by atomic mass is 10.4. The minimum absolute atomic E-state index is 0.331. The second-order valence-electron chi connectivity index (χ2n) is 4.86. The number of hydrogen-bond acceptors (Lipinski definition) is 7. The van der Waals surface area contributed by atoms with Crippen molar-refractivity contribution in [3.8, 4) is 12.0 Å². The zero-order valence-electron chi connectivity index (χ0n) is 12.1. The molecule has 112 valence electrons. The van der Waals surface area contributed by atoms with Crippen LogP contribution in [-0.4, -0.2) is 62.7 Å². The van der Waals surface area contributed by atoms with Gasteiger partial charge in [-0.3, -0.25) is 9.47 Å². The summed E-state index contributed by atoms with van der Waals surface area (Å²) in [5.41, 5.74) is 0. The van der Waals surface area contributed by atoms with Crippen LogP contribution in [-0.2, 0) is 0 Å². The van der Waals surface area contributed by atoms with Gasteiger partial charge in [-0.2, -0.15) is 15.0 Å². The number of imidazole rings is 1. The number of nitrogens with one attached hydrogen (secondary N) is 1. The maximum atomic E-state index is 5.67. The van der Waals surface area contributed by atoms with Crippen LogP contribution in [0.15, 0.2) is 18.7 Å². The van der Waals surface area contributed by atoms with Crippen molar-refractivity contribution in [3.05, 3.63) is 18.7 Å². The van der Waals surface area contributed by atoms with Gasteiger partial charge in [-0.1, -0.05) is 0 Å². The highest BCUT2D eigenvalue weighted by atomic mass is 16.5. The van der Waals surface area contributed by atoms with Gasteiger partial charge in [0.05, 0.1) is 0 Å². The number of anilines is 1. The molecule has 2 aromatic heterocycles. The van der Waals surface area contributed by atoms with Crippen molar-refractivity contribution in [1.29, 1.82) is 0 Å². The van der Waals surface area contributed by atoms with E-state index in [1.54, 1.807) is 30.3 Å². The first-order valence-corrected chi connectivity index (χ1v) is 7.12. The summed E-state index contributed by atoms with van der Waals surface area (Å²) in [4.78, 5) is 19.2. The van der Waals surface area contributed by atoms with Crippen molar-refractivity contribution in [2.75, 3.05) is 38.6 Å². The second-order valence-corrected chi connectivity index (χ2v) is 4.86. The SMILES string of the molecule is CNc1nc(OCCN2CCCC2)nc(-n2ccnc2)n1. The van der Waals surface area contributed by atoms with Gasteiger partial charge in [-0.05, 0) is 25.9 Å². The van der Waals surface area contributed by atoms with Gasteiger partial charge in [0.15, 0.2) is 0 Å². The highest BCUT2D eigenvalue weighted by molar-refractivity contribution is 5.29. The number of ether oxygens (including phenoxy) is 1. The third-order valence-corrected chi connectivity index (χ3v) is 3.40. The molecule has 21 heavy (non-hydrogen) atoms. The largest absolute Gasteiger partial charge is 0.462 e. The monoisotopic (exact) mass is 289 g/mol. The fourth-order valence-corrected chi connectivity index (χ4v) is 2.29. The normalized spacial score (nSPS) is 15.3. The van der Waals surface area contributed by atoms with Crippen molar-refractivity contribution < 1.29 is 4.74 Å². The van der Waals surface area contributed by atoms with E-state index in [-0.39, 0.29) is 0 Å². The van der Waals surface area contributed by atoms with E-state index in [0.29, 0.717) is 24.5 Å². The Morgan fingerprint density at radius 3 is 2.81 bits per heavy atom. The molecule has 0 aromatic carbocycles. The van der Waals surface area contributed by atoms with Crippen LogP contribution in [0.4, 0.5) is 5.95 Å². The minimum atomic E-state index is 0.331. The Kier molecular flexibility index (Phi) is 4.25. The lowest BCUT2D eigenvalue weighted by molar-refractivity contribution is 0.225. The standard InChI is InChI=1S/C13H19N7O/c1-14-11-16-12(20-7-4-15-10-20)18-13(17-11)21-9-8-19-5-2-3-6-19/h4,7,10H,2-3,5-6,8-9H2,1H3,(H,14,16,17,18). The highest BCUT2D eigenvalue weighted by Gasteiger charge is 2.12. The summed E-state index contributed by atoms with van der Waals surface area (Å²) in [5.74, 6) is 0.966. The molecule has 0 saturated carbocycles. The van der Waals surface area contributed by atoms with E-state index in [2.05, 4.69) is 30.2 Å². The quantitative estimate of drug-likeness (QED) is 0.832. The molecule has 0 bridgehead atoms. The third kappa shape index (κ3) is 3.46. The van der Waals surface area contributed by atoms with Crippen LogP contribution in [0, 0.1) is 0 Å². The predicted octanol–water partition coefficient (Wildman–Crippen LogP) is 0.574. The molecular formula is C13H19N7O. The Bertz CT molecular complexity index is 566. The summed E-state index contributed by atoms with van der Waals surface area (Å²) >= 11 is 0. The van der Waals surface area contributed by atoms with Crippen molar-refractivity contribution in [1.82, 2.24) is 29.4 Å². The zero-order valence-corrected chi connectivity index (χ0v) is 12.1. The number of nitrogens with zero attached hydrogens (tertiary/aromatic N) is 6. The van der Waals surface area contributed by atoms with Crippen molar-refractivity contribution >= 4 is 5.95 Å². The van der Waals surface area contributed by atoms with Crippen LogP contribution in [0.25, 0.3) is 5.95 Å². The van der Waals surface area contributed by atoms with Crippen LogP contribution in [0.2, 0.25) is 0 Å². The molecule has 3 heterocycles. The summed E-state index contributed by atoms with van der Waals surface area (Å²) in [6.45, 7) is 3.79. The molecule has 0 unspecified atom stereocenters. The smallest absolute Gasteiger partial charge is 0.323 e. The van der Waals surface area contributed by atoms with E-state index in [9.17, 15) is 0 Å². The summed E-state index contributed by atoms with van der Waals surface area (Å²) in [5, 5.41) is 2.91. The Morgan fingerprint density at radius 2 is 2.10 bits per heavy atom. The minimum Gasteiger partial charge on any atom is -0.462 e. The van der Waals surface area contributed by atoms with Crippen LogP contribution in [0.5, 0.6) is 6.01 Å². The maximum absolute atomic E-state index is 5.67. The summed E-state index contributed by atoms with van der Waals surface area (Å²) < 4.78 is 7.39. The first-order chi connectivity index (χ1) is 10.3. The van der Waals surface area contributed by atoms with Gasteiger partial charge >= 0.3 is 6.01 Å². The molecule has 0 aliphatic carbocycles. The first kappa shape index (κ1) is 13.7. The maximum Gasteiger partial charge on any atom is 0.323 e. The van der Waals surface area contributed by atoms with Crippen molar-refractivity contribution in [3.63, 3.8) is 0 Å². The van der Waals surface area contributed by atoms with E-state index in [1.807, 2.05) is 0 Å². The molecule has 0 amide bonds. The van der Waals surface area contributed by atoms with E-state index in [0.717, 1.165) is 19.6 Å². The molecular weight excluding hydrogens is 270 g/mol. The number of likely N-dealkylation sites (tertiary alicyclic amines) is 1. The van der Waals surface area contributed by atoms with E-state index < -0.39 is 0 Å². The molecule has 0 atom stereocenters. The van der Waals surface area contributed by atoms with Crippen LogP contribution in [0.1, 0.15) is 12.8 Å². The van der Waals surface area contributed by atoms with Crippen molar-refractivity contribution in [2.24, 2.45) is 0 Å². The lowest BCUT2D eigenvalue weighted by Gasteiger charge is -2.14. The molecule has 8 heteroatoms. The zero-order chi connectivity index (χ0) is 14.5. The van der Waals surface area contributed by atoms with Crippen molar-refractivity contribution in [2.45, 2.75) is 12.8 Å². The van der Waals surface area contributed by atoms with Gasteiger partial charge in [0, 0.05) is 26.0 Å². The van der Waals surface area contributed by atoms with Gasteiger partial charge in [0.1, 0.15) is 12.9 Å². The Labute approximate surface area is 123 Å². The molecule has 1 fully saturated rings. The molecule has 2 aromatic rings. The molecule has 1 aliphatic heterocycles. The van der Waals surface area contributed by atoms with E-state index in [1.165, 1.54) is 12.8 Å². The number of aromatic nitrogens is 5. The lowest BCUT2D eigenvalue weighted by Crippen LogP contribution is -2.25. The molecule has 3 rings (SSSR count). The summed E-state index contributed by atoms with van der Waals surface area (Å²) in [6, 6.07) is 0.331. The fourth-order valence-electron chi connectivity index (χ4n) is 2.29. The third-order valence-electron chi connectivity index (χ3n) is 3.40. The van der Waals surface area contributed by atoms with Crippen LogP contribution >= 0.6 is 0 Å². The molecule has 0 radical (unpaired) electrons. The summed E-state index contributed by atoms with van der Waals surface area (Å²) in [7, 11) is 1.76. The van der Waals surface area contributed by atoms with Gasteiger partial charge in [0.2, 0.25) is 11.9 Å². The van der Waals surface area contributed by atoms with Crippen LogP contribution in [0.3, 0.4) is 0 Å². The molecule has 1 aliphatic rings. The first-order valence-electron chi connectivity index (χ1n) is 7.12. The topological polar surface area (TPSA) is 81.0 Å². The van der Waals surface area contributed by atoms with E-state index in [4.69, 9.17) is 4.74 Å². The fraction of sp³-hybridized carbons (Fsp3) is 0.538. The van der Waals surface area contributed by atoms with Gasteiger partial charge in [-0.15, -0.1) is 0 Å². The Hall–Kier alpha value is -2.22. The summed E-state index contributed by atoms with van der Waals surface area (Å²) in [6.07, 6.45) is 7.66. The van der Waals surface area contributed by atoms with E-state index >= 15 is 0 Å². The molecule has 8 nitrogen and oxygen atoms in total.